The van der Waals surface area contributed by atoms with Gasteiger partial charge in [0, 0.05) is 26.1 Å². The predicted molar refractivity (Wildman–Crippen MR) is 144 cm³/mol. The average Bonchev–Trinajstić information content (AvgIpc) is 2.85. The Morgan fingerprint density at radius 1 is 1.03 bits per heavy atom. The van der Waals surface area contributed by atoms with Crippen molar-refractivity contribution in [1.82, 2.24) is 10.2 Å². The zero-order valence-electron chi connectivity index (χ0n) is 22.0. The van der Waals surface area contributed by atoms with Crippen LogP contribution in [0, 0.1) is 6.92 Å². The number of hydrogen-bond acceptors (Lipinski definition) is 5. The summed E-state index contributed by atoms with van der Waals surface area (Å²) in [4.78, 5) is 27.9. The molecule has 0 saturated carbocycles. The van der Waals surface area contributed by atoms with Crippen LogP contribution in [-0.4, -0.2) is 57.6 Å². The summed E-state index contributed by atoms with van der Waals surface area (Å²) in [5.41, 5.74) is 2.56. The van der Waals surface area contributed by atoms with Crippen molar-refractivity contribution in [3.63, 3.8) is 0 Å². The number of hydrogen-bond donors (Lipinski definition) is 1. The molecule has 0 aliphatic heterocycles. The van der Waals surface area contributed by atoms with E-state index in [9.17, 15) is 18.0 Å². The molecule has 0 aliphatic carbocycles. The summed E-state index contributed by atoms with van der Waals surface area (Å²) in [6.07, 6.45) is 2.87. The molecule has 0 heterocycles. The fourth-order valence-corrected chi connectivity index (χ4v) is 4.89. The zero-order chi connectivity index (χ0) is 26.7. The first-order chi connectivity index (χ1) is 17.1. The zero-order valence-corrected chi connectivity index (χ0v) is 22.8. The minimum Gasteiger partial charge on any atom is -0.497 e. The van der Waals surface area contributed by atoms with Gasteiger partial charge in [0.25, 0.3) is 0 Å². The smallest absolute Gasteiger partial charge is 0.242 e. The largest absolute Gasteiger partial charge is 0.497 e. The number of methoxy groups -OCH3 is 1. The van der Waals surface area contributed by atoms with Crippen LogP contribution < -0.4 is 14.4 Å². The monoisotopic (exact) mass is 517 g/mol. The second-order valence-electron chi connectivity index (χ2n) is 8.86. The lowest BCUT2D eigenvalue weighted by atomic mass is 10.1. The SMILES string of the molecule is CCCNC(=O)C(CC)N(Cc1ccc(C)cc1)C(=O)CCCN(c1ccc(OC)cc1)S(C)(=O)=O. The van der Waals surface area contributed by atoms with E-state index in [-0.39, 0.29) is 24.8 Å². The minimum atomic E-state index is -3.55. The van der Waals surface area contributed by atoms with Gasteiger partial charge in [0.2, 0.25) is 21.8 Å². The lowest BCUT2D eigenvalue weighted by Crippen LogP contribution is -2.49. The van der Waals surface area contributed by atoms with Gasteiger partial charge in [-0.05, 0) is 56.0 Å². The van der Waals surface area contributed by atoms with Crippen molar-refractivity contribution in [2.24, 2.45) is 0 Å². The highest BCUT2D eigenvalue weighted by atomic mass is 32.2. The molecule has 1 unspecified atom stereocenters. The van der Waals surface area contributed by atoms with Crippen LogP contribution in [0.25, 0.3) is 0 Å². The van der Waals surface area contributed by atoms with Crippen molar-refractivity contribution in [2.75, 3.05) is 30.8 Å². The van der Waals surface area contributed by atoms with Gasteiger partial charge in [-0.3, -0.25) is 13.9 Å². The van der Waals surface area contributed by atoms with Crippen molar-refractivity contribution >= 4 is 27.5 Å². The second kappa shape index (κ2) is 13.9. The number of benzene rings is 2. The van der Waals surface area contributed by atoms with Crippen molar-refractivity contribution in [1.29, 1.82) is 0 Å². The summed E-state index contributed by atoms with van der Waals surface area (Å²) in [6, 6.07) is 14.0. The van der Waals surface area contributed by atoms with E-state index in [0.717, 1.165) is 23.8 Å². The molecule has 0 aliphatic rings. The van der Waals surface area contributed by atoms with Gasteiger partial charge < -0.3 is 15.0 Å². The molecule has 1 atom stereocenters. The number of anilines is 1. The number of ether oxygens (including phenoxy) is 1. The third-order valence-electron chi connectivity index (χ3n) is 5.92. The number of aryl methyl sites for hydroxylation is 1. The molecule has 0 fully saturated rings. The van der Waals surface area contributed by atoms with E-state index in [1.165, 1.54) is 4.31 Å². The molecule has 0 aromatic heterocycles. The minimum absolute atomic E-state index is 0.117. The van der Waals surface area contributed by atoms with Crippen molar-refractivity contribution in [3.8, 4) is 5.75 Å². The Morgan fingerprint density at radius 2 is 1.67 bits per heavy atom. The Morgan fingerprint density at radius 3 is 2.19 bits per heavy atom. The summed E-state index contributed by atoms with van der Waals surface area (Å²) in [5.74, 6) is 0.272. The molecule has 9 heteroatoms. The van der Waals surface area contributed by atoms with E-state index in [1.807, 2.05) is 45.0 Å². The Bertz CT molecular complexity index is 1090. The van der Waals surface area contributed by atoms with E-state index < -0.39 is 16.1 Å². The highest BCUT2D eigenvalue weighted by Gasteiger charge is 2.28. The van der Waals surface area contributed by atoms with E-state index in [4.69, 9.17) is 4.74 Å². The summed E-state index contributed by atoms with van der Waals surface area (Å²) in [6.45, 7) is 6.87. The second-order valence-corrected chi connectivity index (χ2v) is 10.8. The Balaban J connectivity index is 2.18. The van der Waals surface area contributed by atoms with Crippen LogP contribution >= 0.6 is 0 Å². The number of rotatable bonds is 14. The first-order valence-corrected chi connectivity index (χ1v) is 14.2. The maximum absolute atomic E-state index is 13.4. The molecule has 36 heavy (non-hydrogen) atoms. The number of carbonyl (C=O) groups excluding carboxylic acids is 2. The highest BCUT2D eigenvalue weighted by Crippen LogP contribution is 2.22. The van der Waals surface area contributed by atoms with Crippen molar-refractivity contribution in [3.05, 3.63) is 59.7 Å². The first kappa shape index (κ1) is 29.2. The topological polar surface area (TPSA) is 96.0 Å². The Labute approximate surface area is 215 Å². The molecule has 2 amide bonds. The first-order valence-electron chi connectivity index (χ1n) is 12.3. The molecular formula is C27H39N3O5S. The van der Waals surface area contributed by atoms with E-state index in [0.29, 0.717) is 37.4 Å². The van der Waals surface area contributed by atoms with Crippen LogP contribution in [-0.2, 0) is 26.2 Å². The van der Waals surface area contributed by atoms with Gasteiger partial charge in [-0.15, -0.1) is 0 Å². The summed E-state index contributed by atoms with van der Waals surface area (Å²) < 4.78 is 31.4. The summed E-state index contributed by atoms with van der Waals surface area (Å²) in [5, 5.41) is 2.91. The van der Waals surface area contributed by atoms with Gasteiger partial charge in [-0.1, -0.05) is 43.7 Å². The van der Waals surface area contributed by atoms with E-state index >= 15 is 0 Å². The third kappa shape index (κ3) is 8.55. The maximum atomic E-state index is 13.4. The lowest BCUT2D eigenvalue weighted by Gasteiger charge is -2.31. The molecule has 0 spiro atoms. The molecule has 8 nitrogen and oxygen atoms in total. The normalized spacial score (nSPS) is 12.0. The number of carbonyl (C=O) groups is 2. The average molecular weight is 518 g/mol. The number of nitrogens with zero attached hydrogens (tertiary/aromatic N) is 2. The van der Waals surface area contributed by atoms with Gasteiger partial charge in [0.05, 0.1) is 19.1 Å². The molecule has 0 radical (unpaired) electrons. The van der Waals surface area contributed by atoms with E-state index in [1.54, 1.807) is 36.3 Å². The Kier molecular flexibility index (Phi) is 11.2. The van der Waals surface area contributed by atoms with Crippen molar-refractivity contribution < 1.29 is 22.7 Å². The maximum Gasteiger partial charge on any atom is 0.242 e. The summed E-state index contributed by atoms with van der Waals surface area (Å²) >= 11 is 0. The molecule has 2 rings (SSSR count). The van der Waals surface area contributed by atoms with Crippen LogP contribution in [0.15, 0.2) is 48.5 Å². The number of amides is 2. The molecule has 0 bridgehead atoms. The van der Waals surface area contributed by atoms with Gasteiger partial charge in [0.15, 0.2) is 0 Å². The van der Waals surface area contributed by atoms with Crippen molar-refractivity contribution in [2.45, 2.75) is 59.0 Å². The van der Waals surface area contributed by atoms with Gasteiger partial charge in [-0.25, -0.2) is 8.42 Å². The highest BCUT2D eigenvalue weighted by molar-refractivity contribution is 7.92. The quantitative estimate of drug-likeness (QED) is 0.410. The fourth-order valence-electron chi connectivity index (χ4n) is 3.93. The lowest BCUT2D eigenvalue weighted by molar-refractivity contribution is -0.141. The Hall–Kier alpha value is -3.07. The molecule has 198 valence electrons. The summed E-state index contributed by atoms with van der Waals surface area (Å²) in [7, 11) is -2.00. The van der Waals surface area contributed by atoms with Crippen LogP contribution in [0.4, 0.5) is 5.69 Å². The van der Waals surface area contributed by atoms with Crippen LogP contribution in [0.5, 0.6) is 5.75 Å². The molecule has 2 aromatic carbocycles. The standard InChI is InChI=1S/C27H39N3O5S/c1-6-18-28-27(32)25(7-2)29(20-22-12-10-21(3)11-13-22)26(31)9-8-19-30(36(5,33)34)23-14-16-24(35-4)17-15-23/h10-17,25H,6-9,18-20H2,1-5H3,(H,28,32). The van der Waals surface area contributed by atoms with Gasteiger partial charge >= 0.3 is 0 Å². The molecule has 0 saturated heterocycles. The number of sulfonamides is 1. The van der Waals surface area contributed by atoms with Gasteiger partial charge in [-0.2, -0.15) is 0 Å². The van der Waals surface area contributed by atoms with Crippen LogP contribution in [0.1, 0.15) is 50.7 Å². The van der Waals surface area contributed by atoms with E-state index in [2.05, 4.69) is 5.32 Å². The fraction of sp³-hybridized carbons (Fsp3) is 0.481. The van der Waals surface area contributed by atoms with Crippen LogP contribution in [0.2, 0.25) is 0 Å². The molecule has 1 N–H and O–H groups in total. The molecule has 2 aromatic rings. The number of nitrogens with one attached hydrogen (secondary N) is 1. The van der Waals surface area contributed by atoms with Gasteiger partial charge in [0.1, 0.15) is 11.8 Å². The predicted octanol–water partition coefficient (Wildman–Crippen LogP) is 3.88. The molecular weight excluding hydrogens is 478 g/mol. The van der Waals surface area contributed by atoms with Crippen LogP contribution in [0.3, 0.4) is 0 Å². The third-order valence-corrected chi connectivity index (χ3v) is 7.12.